The van der Waals surface area contributed by atoms with Gasteiger partial charge in [-0.1, -0.05) is 66.2 Å². The van der Waals surface area contributed by atoms with Crippen LogP contribution in [0.4, 0.5) is 5.69 Å². The lowest BCUT2D eigenvalue weighted by molar-refractivity contribution is -0.145. The SMILES string of the molecule is C=CCN(Cc1ccccc1)C(=O)[C@@H]1[C@H]2C(=O)N(CCO)C(C(=O)N(CC=C)c3ccccc3Cl)C23CC[C@H]1O3. The van der Waals surface area contributed by atoms with Crippen molar-refractivity contribution in [2.45, 2.75) is 37.1 Å². The minimum Gasteiger partial charge on any atom is -0.395 e. The van der Waals surface area contributed by atoms with Crippen molar-refractivity contribution in [3.8, 4) is 0 Å². The fourth-order valence-corrected chi connectivity index (χ4v) is 6.96. The molecule has 2 aromatic rings. The average molecular weight is 564 g/mol. The van der Waals surface area contributed by atoms with Gasteiger partial charge < -0.3 is 24.5 Å². The number of halogens is 1. The third-order valence-corrected chi connectivity index (χ3v) is 8.58. The lowest BCUT2D eigenvalue weighted by Gasteiger charge is -2.37. The second kappa shape index (κ2) is 11.6. The Balaban J connectivity index is 1.52. The van der Waals surface area contributed by atoms with Crippen LogP contribution < -0.4 is 4.90 Å². The number of likely N-dealkylation sites (tertiary alicyclic amines) is 1. The molecule has 3 aliphatic rings. The first-order valence-corrected chi connectivity index (χ1v) is 13.9. The van der Waals surface area contributed by atoms with Crippen LogP contribution in [0.2, 0.25) is 5.02 Å². The van der Waals surface area contributed by atoms with E-state index in [1.165, 1.54) is 9.80 Å². The van der Waals surface area contributed by atoms with Crippen molar-refractivity contribution in [1.29, 1.82) is 0 Å². The quantitative estimate of drug-likeness (QED) is 0.423. The van der Waals surface area contributed by atoms with Gasteiger partial charge in [-0.15, -0.1) is 13.2 Å². The number of β-amino-alcohol motifs (C(OH)–C–C–N with tert-alkyl or cyclic N) is 1. The highest BCUT2D eigenvalue weighted by Gasteiger charge is 2.74. The molecule has 40 heavy (non-hydrogen) atoms. The molecular weight excluding hydrogens is 530 g/mol. The Morgan fingerprint density at radius 3 is 2.45 bits per heavy atom. The van der Waals surface area contributed by atoms with Crippen LogP contribution >= 0.6 is 11.6 Å². The summed E-state index contributed by atoms with van der Waals surface area (Å²) in [7, 11) is 0. The summed E-state index contributed by atoms with van der Waals surface area (Å²) in [6, 6.07) is 15.6. The number of rotatable bonds is 11. The monoisotopic (exact) mass is 563 g/mol. The Kier molecular flexibility index (Phi) is 8.12. The molecule has 9 heteroatoms. The fraction of sp³-hybridized carbons (Fsp3) is 0.387. The van der Waals surface area contributed by atoms with Crippen LogP contribution in [-0.2, 0) is 25.7 Å². The molecule has 1 N–H and O–H groups in total. The molecule has 2 bridgehead atoms. The average Bonchev–Trinajstić information content (AvgIpc) is 3.60. The van der Waals surface area contributed by atoms with Crippen molar-refractivity contribution in [3.63, 3.8) is 0 Å². The number of para-hydroxylation sites is 1. The zero-order valence-electron chi connectivity index (χ0n) is 22.3. The minimum atomic E-state index is -1.18. The zero-order chi connectivity index (χ0) is 28.4. The highest BCUT2D eigenvalue weighted by atomic mass is 35.5. The smallest absolute Gasteiger partial charge is 0.253 e. The molecule has 1 spiro atoms. The normalized spacial score (nSPS) is 26.4. The van der Waals surface area contributed by atoms with Crippen molar-refractivity contribution in [1.82, 2.24) is 9.80 Å². The van der Waals surface area contributed by atoms with Gasteiger partial charge in [-0.05, 0) is 30.5 Å². The predicted molar refractivity (Wildman–Crippen MR) is 152 cm³/mol. The minimum absolute atomic E-state index is 0.0483. The van der Waals surface area contributed by atoms with E-state index in [0.717, 1.165) is 5.56 Å². The molecule has 3 amide bonds. The van der Waals surface area contributed by atoms with Gasteiger partial charge in [0.15, 0.2) is 0 Å². The van der Waals surface area contributed by atoms with E-state index in [1.54, 1.807) is 41.3 Å². The Morgan fingerprint density at radius 1 is 1.07 bits per heavy atom. The molecule has 210 valence electrons. The number of carbonyl (C=O) groups is 3. The molecule has 3 saturated heterocycles. The van der Waals surface area contributed by atoms with Gasteiger partial charge in [0.05, 0.1) is 35.3 Å². The Morgan fingerprint density at radius 2 is 1.77 bits per heavy atom. The van der Waals surface area contributed by atoms with Crippen LogP contribution in [-0.4, -0.2) is 76.6 Å². The number of anilines is 1. The molecule has 8 nitrogen and oxygen atoms in total. The lowest BCUT2D eigenvalue weighted by Crippen LogP contribution is -2.57. The van der Waals surface area contributed by atoms with Gasteiger partial charge in [-0.2, -0.15) is 0 Å². The number of hydrogen-bond acceptors (Lipinski definition) is 5. The highest BCUT2D eigenvalue weighted by Crippen LogP contribution is 2.59. The van der Waals surface area contributed by atoms with E-state index >= 15 is 0 Å². The number of fused-ring (bicyclic) bond motifs is 1. The third-order valence-electron chi connectivity index (χ3n) is 8.26. The van der Waals surface area contributed by atoms with Gasteiger partial charge >= 0.3 is 0 Å². The topological polar surface area (TPSA) is 90.4 Å². The van der Waals surface area contributed by atoms with Gasteiger partial charge in [0.1, 0.15) is 11.6 Å². The second-order valence-corrected chi connectivity index (χ2v) is 10.9. The second-order valence-electron chi connectivity index (χ2n) is 10.5. The molecule has 2 aromatic carbocycles. The van der Waals surface area contributed by atoms with E-state index in [-0.39, 0.29) is 37.4 Å². The molecule has 0 saturated carbocycles. The molecule has 5 rings (SSSR count). The Labute approximate surface area is 239 Å². The van der Waals surface area contributed by atoms with E-state index in [2.05, 4.69) is 13.2 Å². The number of amides is 3. The molecule has 0 aliphatic carbocycles. The van der Waals surface area contributed by atoms with Crippen LogP contribution in [0, 0.1) is 11.8 Å². The van der Waals surface area contributed by atoms with Gasteiger partial charge in [0.25, 0.3) is 5.91 Å². The number of carbonyl (C=O) groups excluding carboxylic acids is 3. The van der Waals surface area contributed by atoms with Gasteiger partial charge in [-0.3, -0.25) is 14.4 Å². The van der Waals surface area contributed by atoms with Gasteiger partial charge in [0.2, 0.25) is 11.8 Å². The number of aliphatic hydroxyl groups is 1. The van der Waals surface area contributed by atoms with E-state index in [9.17, 15) is 19.5 Å². The van der Waals surface area contributed by atoms with E-state index in [4.69, 9.17) is 16.3 Å². The van der Waals surface area contributed by atoms with Crippen molar-refractivity contribution in [3.05, 3.63) is 90.5 Å². The molecule has 2 unspecified atom stereocenters. The Hall–Kier alpha value is -3.46. The fourth-order valence-electron chi connectivity index (χ4n) is 6.72. The number of benzene rings is 2. The van der Waals surface area contributed by atoms with Crippen LogP contribution in [0.15, 0.2) is 79.9 Å². The summed E-state index contributed by atoms with van der Waals surface area (Å²) in [6.07, 6.45) is 3.80. The summed E-state index contributed by atoms with van der Waals surface area (Å²) < 4.78 is 6.55. The maximum Gasteiger partial charge on any atom is 0.253 e. The van der Waals surface area contributed by atoms with Crippen LogP contribution in [0.25, 0.3) is 0 Å². The summed E-state index contributed by atoms with van der Waals surface area (Å²) in [5.74, 6) is -2.49. The van der Waals surface area contributed by atoms with E-state index < -0.39 is 29.6 Å². The molecule has 0 radical (unpaired) electrons. The molecule has 0 aromatic heterocycles. The molecule has 5 atom stereocenters. The van der Waals surface area contributed by atoms with Crippen LogP contribution in [0.3, 0.4) is 0 Å². The zero-order valence-corrected chi connectivity index (χ0v) is 23.1. The number of ether oxygens (including phenoxy) is 1. The van der Waals surface area contributed by atoms with Crippen LogP contribution in [0.5, 0.6) is 0 Å². The van der Waals surface area contributed by atoms with Crippen molar-refractivity contribution in [2.24, 2.45) is 11.8 Å². The van der Waals surface area contributed by atoms with Crippen molar-refractivity contribution >= 4 is 35.0 Å². The molecular formula is C31H34ClN3O5. The standard InChI is InChI=1S/C31H34ClN3O5/c1-3-16-33(20-21-10-6-5-7-11-21)28(37)25-24-14-15-31(40-24)26(25)29(38)35(18-19-36)27(31)30(39)34(17-4-2)23-13-9-8-12-22(23)32/h3-13,24-27,36H,1-2,14-20H2/t24-,25+,26+,27?,31?/m1/s1. The van der Waals surface area contributed by atoms with Crippen LogP contribution in [0.1, 0.15) is 18.4 Å². The van der Waals surface area contributed by atoms with Gasteiger partial charge in [-0.25, -0.2) is 0 Å². The summed E-state index contributed by atoms with van der Waals surface area (Å²) >= 11 is 6.48. The first-order chi connectivity index (χ1) is 19.4. The molecule has 3 aliphatic heterocycles. The van der Waals surface area contributed by atoms with E-state index in [1.807, 2.05) is 30.3 Å². The largest absolute Gasteiger partial charge is 0.395 e. The Bertz CT molecular complexity index is 1300. The summed E-state index contributed by atoms with van der Waals surface area (Å²) in [6.45, 7) is 8.10. The third kappa shape index (κ3) is 4.64. The first-order valence-electron chi connectivity index (χ1n) is 13.6. The number of nitrogens with zero attached hydrogens (tertiary/aromatic N) is 3. The van der Waals surface area contributed by atoms with Gasteiger partial charge in [0, 0.05) is 26.2 Å². The first kappa shape index (κ1) is 28.1. The highest BCUT2D eigenvalue weighted by molar-refractivity contribution is 6.34. The molecule has 3 heterocycles. The lowest BCUT2D eigenvalue weighted by atomic mass is 9.70. The van der Waals surface area contributed by atoms with E-state index in [0.29, 0.717) is 36.6 Å². The number of aliphatic hydroxyl groups excluding tert-OH is 1. The summed E-state index contributed by atoms with van der Waals surface area (Å²) in [5, 5.41) is 10.3. The summed E-state index contributed by atoms with van der Waals surface area (Å²) in [5.41, 5.74) is 0.274. The summed E-state index contributed by atoms with van der Waals surface area (Å²) in [4.78, 5) is 47.1. The predicted octanol–water partition coefficient (Wildman–Crippen LogP) is 3.44. The van der Waals surface area contributed by atoms with Crippen molar-refractivity contribution < 1.29 is 24.2 Å². The molecule has 3 fully saturated rings. The maximum absolute atomic E-state index is 14.4. The maximum atomic E-state index is 14.4. The number of hydrogen-bond donors (Lipinski definition) is 1. The van der Waals surface area contributed by atoms with Crippen molar-refractivity contribution in [2.75, 3.05) is 31.1 Å².